The summed E-state index contributed by atoms with van der Waals surface area (Å²) in [7, 11) is 0. The van der Waals surface area contributed by atoms with Gasteiger partial charge in [-0.15, -0.1) is 11.6 Å². The maximum Gasteiger partial charge on any atom is 0.0390 e. The number of alkyl halides is 1. The van der Waals surface area contributed by atoms with Crippen molar-refractivity contribution >= 4 is 11.6 Å². The molecule has 0 aliphatic carbocycles. The fourth-order valence-corrected chi connectivity index (χ4v) is 0.408. The van der Waals surface area contributed by atoms with E-state index in [-0.39, 0.29) is 0 Å². The molecule has 0 fully saturated rings. The Bertz CT molecular complexity index is 41.4. The Kier molecular flexibility index (Phi) is 3.45. The van der Waals surface area contributed by atoms with Crippen LogP contribution < -0.4 is 0 Å². The number of rotatable bonds is 2. The largest absolute Gasteiger partial charge is 0.122 e. The lowest BCUT2D eigenvalue weighted by Gasteiger charge is -2.07. The quantitative estimate of drug-likeness (QED) is 0.491. The second kappa shape index (κ2) is 3.31. The van der Waals surface area contributed by atoms with Gasteiger partial charge in [0.15, 0.2) is 0 Å². The fraction of sp³-hybridized carbons (Fsp3) is 0.833. The van der Waals surface area contributed by atoms with Gasteiger partial charge in [-0.2, -0.15) is 0 Å². The topological polar surface area (TPSA) is 0 Å². The van der Waals surface area contributed by atoms with Crippen LogP contribution in [0.3, 0.4) is 0 Å². The standard InChI is InChI=1S/C6H12Cl/c1-4-6(7)5(2)3/h6H,4H2,1-3H3. The van der Waals surface area contributed by atoms with Crippen molar-refractivity contribution in [2.24, 2.45) is 0 Å². The summed E-state index contributed by atoms with van der Waals surface area (Å²) in [5.74, 6) is 1.31. The van der Waals surface area contributed by atoms with Crippen molar-refractivity contribution < 1.29 is 0 Å². The van der Waals surface area contributed by atoms with Crippen molar-refractivity contribution in [2.45, 2.75) is 32.6 Å². The van der Waals surface area contributed by atoms with Crippen molar-refractivity contribution in [3.63, 3.8) is 0 Å². The summed E-state index contributed by atoms with van der Waals surface area (Å²) in [4.78, 5) is 0. The molecule has 1 radical (unpaired) electrons. The van der Waals surface area contributed by atoms with Gasteiger partial charge in [-0.3, -0.25) is 0 Å². The van der Waals surface area contributed by atoms with Crippen LogP contribution in [-0.2, 0) is 0 Å². The summed E-state index contributed by atoms with van der Waals surface area (Å²) in [6.07, 6.45) is 1.05. The van der Waals surface area contributed by atoms with Gasteiger partial charge in [0.1, 0.15) is 0 Å². The average Bonchev–Trinajstić information content (AvgIpc) is 1.65. The Hall–Kier alpha value is 0.290. The van der Waals surface area contributed by atoms with E-state index in [0.717, 1.165) is 6.42 Å². The van der Waals surface area contributed by atoms with Gasteiger partial charge in [-0.1, -0.05) is 20.8 Å². The fourth-order valence-electron chi connectivity index (χ4n) is 0.408. The molecule has 0 aromatic heterocycles. The Balaban J connectivity index is 3.14. The van der Waals surface area contributed by atoms with E-state index in [1.54, 1.807) is 0 Å². The van der Waals surface area contributed by atoms with Crippen molar-refractivity contribution in [2.75, 3.05) is 0 Å². The number of hydrogen-bond donors (Lipinski definition) is 0. The summed E-state index contributed by atoms with van der Waals surface area (Å²) in [6.45, 7) is 6.20. The smallest absolute Gasteiger partial charge is 0.0390 e. The Morgan fingerprint density at radius 1 is 1.57 bits per heavy atom. The van der Waals surface area contributed by atoms with Crippen molar-refractivity contribution in [3.8, 4) is 0 Å². The summed E-state index contributed by atoms with van der Waals surface area (Å²) < 4.78 is 0. The predicted molar refractivity (Wildman–Crippen MR) is 34.5 cm³/mol. The van der Waals surface area contributed by atoms with Crippen LogP contribution in [-0.4, -0.2) is 5.38 Å². The first-order valence-corrected chi connectivity index (χ1v) is 3.06. The monoisotopic (exact) mass is 119 g/mol. The van der Waals surface area contributed by atoms with Crippen LogP contribution >= 0.6 is 11.6 Å². The molecule has 43 valence electrons. The minimum absolute atomic E-state index is 0.292. The van der Waals surface area contributed by atoms with Gasteiger partial charge in [-0.05, 0) is 12.3 Å². The van der Waals surface area contributed by atoms with Crippen LogP contribution in [0, 0.1) is 5.92 Å². The molecule has 0 nitrogen and oxygen atoms in total. The molecule has 0 heterocycles. The van der Waals surface area contributed by atoms with Crippen molar-refractivity contribution in [1.29, 1.82) is 0 Å². The van der Waals surface area contributed by atoms with Crippen molar-refractivity contribution in [3.05, 3.63) is 5.92 Å². The van der Waals surface area contributed by atoms with E-state index in [4.69, 9.17) is 11.6 Å². The van der Waals surface area contributed by atoms with Gasteiger partial charge < -0.3 is 0 Å². The van der Waals surface area contributed by atoms with E-state index in [1.165, 1.54) is 5.92 Å². The highest BCUT2D eigenvalue weighted by Gasteiger charge is 2.04. The molecule has 0 saturated heterocycles. The third-order valence-corrected chi connectivity index (χ3v) is 1.73. The van der Waals surface area contributed by atoms with Gasteiger partial charge in [0.25, 0.3) is 0 Å². The van der Waals surface area contributed by atoms with Crippen LogP contribution in [0.1, 0.15) is 27.2 Å². The summed E-state index contributed by atoms with van der Waals surface area (Å²) in [5, 5.41) is 0.292. The molecule has 1 unspecified atom stereocenters. The first-order valence-electron chi connectivity index (χ1n) is 2.62. The zero-order valence-corrected chi connectivity index (χ0v) is 5.92. The molecule has 1 heteroatoms. The molecule has 0 saturated carbocycles. The van der Waals surface area contributed by atoms with E-state index in [9.17, 15) is 0 Å². The van der Waals surface area contributed by atoms with E-state index in [2.05, 4.69) is 20.8 Å². The Morgan fingerprint density at radius 3 is 2.00 bits per heavy atom. The molecule has 0 aromatic rings. The SMILES string of the molecule is CCC(Cl)[C](C)C. The lowest BCUT2D eigenvalue weighted by atomic mass is 10.1. The third kappa shape index (κ3) is 2.93. The van der Waals surface area contributed by atoms with E-state index in [0.29, 0.717) is 5.38 Å². The molecule has 7 heavy (non-hydrogen) atoms. The molecule has 0 aliphatic rings. The molecule has 0 spiro atoms. The highest BCUT2D eigenvalue weighted by atomic mass is 35.5. The Labute approximate surface area is 50.9 Å². The van der Waals surface area contributed by atoms with E-state index in [1.807, 2.05) is 0 Å². The lowest BCUT2D eigenvalue weighted by Crippen LogP contribution is -2.02. The van der Waals surface area contributed by atoms with Gasteiger partial charge in [0.2, 0.25) is 0 Å². The van der Waals surface area contributed by atoms with E-state index >= 15 is 0 Å². The van der Waals surface area contributed by atoms with Crippen LogP contribution in [0.5, 0.6) is 0 Å². The predicted octanol–water partition coefficient (Wildman–Crippen LogP) is 2.62. The lowest BCUT2D eigenvalue weighted by molar-refractivity contribution is 0.816. The molecule has 1 atom stereocenters. The molecular formula is C6H12Cl. The maximum absolute atomic E-state index is 5.76. The molecule has 0 N–H and O–H groups in total. The summed E-state index contributed by atoms with van der Waals surface area (Å²) >= 11 is 5.76. The highest BCUT2D eigenvalue weighted by molar-refractivity contribution is 6.21. The van der Waals surface area contributed by atoms with Crippen LogP contribution in [0.2, 0.25) is 0 Å². The van der Waals surface area contributed by atoms with E-state index < -0.39 is 0 Å². The first-order chi connectivity index (χ1) is 3.18. The molecule has 0 amide bonds. The van der Waals surface area contributed by atoms with Gasteiger partial charge in [-0.25, -0.2) is 0 Å². The zero-order chi connectivity index (χ0) is 5.86. The highest BCUT2D eigenvalue weighted by Crippen LogP contribution is 2.13. The number of hydrogen-bond acceptors (Lipinski definition) is 0. The molecule has 0 bridgehead atoms. The van der Waals surface area contributed by atoms with Crippen molar-refractivity contribution in [1.82, 2.24) is 0 Å². The normalized spacial score (nSPS) is 15.0. The average molecular weight is 120 g/mol. The van der Waals surface area contributed by atoms with Gasteiger partial charge >= 0.3 is 0 Å². The molecule has 0 aromatic carbocycles. The minimum Gasteiger partial charge on any atom is -0.122 e. The number of halogens is 1. The molecule has 0 rings (SSSR count). The van der Waals surface area contributed by atoms with Gasteiger partial charge in [0.05, 0.1) is 0 Å². The summed E-state index contributed by atoms with van der Waals surface area (Å²) in [5.41, 5.74) is 0. The van der Waals surface area contributed by atoms with Gasteiger partial charge in [0, 0.05) is 5.38 Å². The third-order valence-electron chi connectivity index (χ3n) is 0.985. The summed E-state index contributed by atoms with van der Waals surface area (Å²) in [6, 6.07) is 0. The second-order valence-corrected chi connectivity index (χ2v) is 2.48. The van der Waals surface area contributed by atoms with Crippen LogP contribution in [0.4, 0.5) is 0 Å². The zero-order valence-electron chi connectivity index (χ0n) is 5.16. The Morgan fingerprint density at radius 2 is 2.00 bits per heavy atom. The first kappa shape index (κ1) is 7.29. The van der Waals surface area contributed by atoms with Crippen LogP contribution in [0.15, 0.2) is 0 Å². The molecular weight excluding hydrogens is 108 g/mol. The minimum atomic E-state index is 0.292. The van der Waals surface area contributed by atoms with Crippen LogP contribution in [0.25, 0.3) is 0 Å². The molecule has 0 aliphatic heterocycles. The second-order valence-electron chi connectivity index (χ2n) is 1.95. The maximum atomic E-state index is 5.76.